The van der Waals surface area contributed by atoms with Crippen molar-refractivity contribution in [3.8, 4) is 0 Å². The summed E-state index contributed by atoms with van der Waals surface area (Å²) in [6.45, 7) is 15.9. The van der Waals surface area contributed by atoms with Gasteiger partial charge in [0.25, 0.3) is 0 Å². The van der Waals surface area contributed by atoms with Gasteiger partial charge in [-0.05, 0) is 33.6 Å². The molecule has 1 heterocycles. The van der Waals surface area contributed by atoms with Gasteiger partial charge in [0, 0.05) is 18.0 Å². The molecule has 1 aromatic heterocycles. The van der Waals surface area contributed by atoms with Crippen LogP contribution in [0.2, 0.25) is 0 Å². The van der Waals surface area contributed by atoms with Gasteiger partial charge in [-0.3, -0.25) is 4.79 Å². The number of hydrogen-bond donors (Lipinski definition) is 0. The smallest absolute Gasteiger partial charge is 0.140 e. The van der Waals surface area contributed by atoms with Gasteiger partial charge in [-0.25, -0.2) is 4.68 Å². The summed E-state index contributed by atoms with van der Waals surface area (Å²) in [5.74, 6) is 0.198. The molecule has 12 nitrogen and oxygen atoms in total. The number of Topliss-reactive ketones (excluding diaryl/α,β-unsaturated/α-hetero) is 1. The molecular formula is C29H55N3O9P-. The zero-order valence-electron chi connectivity index (χ0n) is 26.8. The molecule has 1 rings (SSSR count). The SMILES string of the molecule is CC(C)(C)n1cc(COCCOCCOCCOCCOCCC(=O)CCCCCCCOP(=O)([O-])C(C)(C)C)nn1. The van der Waals surface area contributed by atoms with Crippen LogP contribution in [0, 0.1) is 0 Å². The molecule has 42 heavy (non-hydrogen) atoms. The van der Waals surface area contributed by atoms with Gasteiger partial charge in [-0.1, -0.05) is 45.2 Å². The minimum Gasteiger partial charge on any atom is -0.778 e. The first-order chi connectivity index (χ1) is 19.8. The standard InChI is InChI=1S/C29H56N3O9P/c1-28(2,3)32-24-26(30-31-32)25-40-23-22-39-21-20-38-19-18-37-17-16-36-15-13-27(33)12-10-8-7-9-11-14-41-42(34,35)29(4,5)6/h24H,7-23,25H2,1-6H3,(H,34,35)/p-1. The molecule has 0 bridgehead atoms. The maximum atomic E-state index is 12.0. The van der Waals surface area contributed by atoms with E-state index in [1.807, 2.05) is 10.9 Å². The second kappa shape index (κ2) is 21.5. The number of hydrogen-bond acceptors (Lipinski definition) is 11. The number of rotatable bonds is 26. The first-order valence-corrected chi connectivity index (χ1v) is 16.6. The second-order valence-electron chi connectivity index (χ2n) is 12.1. The number of ketones is 1. The fourth-order valence-electron chi connectivity index (χ4n) is 3.39. The van der Waals surface area contributed by atoms with E-state index in [4.69, 9.17) is 28.2 Å². The van der Waals surface area contributed by atoms with Crippen molar-refractivity contribution in [2.24, 2.45) is 0 Å². The van der Waals surface area contributed by atoms with E-state index in [2.05, 4.69) is 31.1 Å². The van der Waals surface area contributed by atoms with E-state index >= 15 is 0 Å². The van der Waals surface area contributed by atoms with Crippen LogP contribution in [0.1, 0.15) is 92.2 Å². The molecule has 0 aliphatic rings. The summed E-state index contributed by atoms with van der Waals surface area (Å²) in [5.41, 5.74) is 0.698. The average Bonchev–Trinajstić information content (AvgIpc) is 3.39. The average molecular weight is 621 g/mol. The molecule has 246 valence electrons. The van der Waals surface area contributed by atoms with Crippen molar-refractivity contribution in [3.63, 3.8) is 0 Å². The fourth-order valence-corrected chi connectivity index (χ4v) is 4.15. The van der Waals surface area contributed by atoms with E-state index in [0.717, 1.165) is 31.4 Å². The lowest BCUT2D eigenvalue weighted by Gasteiger charge is -2.35. The summed E-state index contributed by atoms with van der Waals surface area (Å²) in [5, 5.41) is 7.34. The third-order valence-corrected chi connectivity index (χ3v) is 8.34. The summed E-state index contributed by atoms with van der Waals surface area (Å²) >= 11 is 0. The third-order valence-electron chi connectivity index (χ3n) is 6.17. The molecule has 0 aliphatic carbocycles. The number of aromatic nitrogens is 3. The van der Waals surface area contributed by atoms with Crippen LogP contribution < -0.4 is 4.89 Å². The molecule has 0 aromatic carbocycles. The quantitative estimate of drug-likeness (QED) is 0.108. The van der Waals surface area contributed by atoms with Crippen molar-refractivity contribution in [2.45, 2.75) is 104 Å². The molecule has 1 unspecified atom stereocenters. The maximum Gasteiger partial charge on any atom is 0.140 e. The topological polar surface area (TPSA) is 143 Å². The summed E-state index contributed by atoms with van der Waals surface area (Å²) in [7, 11) is -3.82. The Morgan fingerprint density at radius 3 is 1.76 bits per heavy atom. The largest absolute Gasteiger partial charge is 0.778 e. The first kappa shape index (κ1) is 38.8. The number of carbonyl (C=O) groups excluding carboxylic acids is 1. The highest BCUT2D eigenvalue weighted by atomic mass is 31.2. The normalized spacial score (nSPS) is 13.9. The van der Waals surface area contributed by atoms with Crippen molar-refractivity contribution in [1.29, 1.82) is 0 Å². The van der Waals surface area contributed by atoms with Crippen molar-refractivity contribution < 1.29 is 42.5 Å². The van der Waals surface area contributed by atoms with E-state index < -0.39 is 12.8 Å². The predicted molar refractivity (Wildman–Crippen MR) is 159 cm³/mol. The Morgan fingerprint density at radius 1 is 0.738 bits per heavy atom. The van der Waals surface area contributed by atoms with Crippen LogP contribution >= 0.6 is 7.60 Å². The van der Waals surface area contributed by atoms with Crippen LogP contribution in [0.3, 0.4) is 0 Å². The van der Waals surface area contributed by atoms with Crippen molar-refractivity contribution in [3.05, 3.63) is 11.9 Å². The maximum absolute atomic E-state index is 12.0. The van der Waals surface area contributed by atoms with Crippen LogP contribution in [-0.2, 0) is 49.7 Å². The molecule has 1 aromatic rings. The number of carbonyl (C=O) groups is 1. The van der Waals surface area contributed by atoms with Crippen LogP contribution in [-0.4, -0.2) is 92.0 Å². The number of ether oxygens (including phenoxy) is 5. The van der Waals surface area contributed by atoms with Crippen molar-refractivity contribution in [2.75, 3.05) is 66.1 Å². The van der Waals surface area contributed by atoms with E-state index in [1.54, 1.807) is 20.8 Å². The first-order valence-electron chi connectivity index (χ1n) is 15.1. The van der Waals surface area contributed by atoms with Gasteiger partial charge in [-0.15, -0.1) is 5.10 Å². The molecule has 0 saturated carbocycles. The minimum absolute atomic E-state index is 0.0976. The number of nitrogens with zero attached hydrogens (tertiary/aromatic N) is 3. The second-order valence-corrected chi connectivity index (χ2v) is 14.7. The van der Waals surface area contributed by atoms with Gasteiger partial charge in [0.05, 0.1) is 84.4 Å². The summed E-state index contributed by atoms with van der Waals surface area (Å²) in [6, 6.07) is 0. The molecule has 0 amide bonds. The van der Waals surface area contributed by atoms with Gasteiger partial charge in [-0.2, -0.15) is 0 Å². The highest BCUT2D eigenvalue weighted by Gasteiger charge is 2.26. The highest BCUT2D eigenvalue weighted by molar-refractivity contribution is 7.53. The Bertz CT molecular complexity index is 884. The third kappa shape index (κ3) is 19.1. The van der Waals surface area contributed by atoms with E-state index in [0.29, 0.717) is 85.3 Å². The lowest BCUT2D eigenvalue weighted by atomic mass is 10.1. The van der Waals surface area contributed by atoms with Gasteiger partial charge in [0.1, 0.15) is 19.1 Å². The molecule has 0 N–H and O–H groups in total. The summed E-state index contributed by atoms with van der Waals surface area (Å²) < 4.78 is 46.3. The fraction of sp³-hybridized carbons (Fsp3) is 0.897. The lowest BCUT2D eigenvalue weighted by Crippen LogP contribution is -2.25. The Labute approximate surface area is 252 Å². The minimum atomic E-state index is -3.82. The van der Waals surface area contributed by atoms with Crippen molar-refractivity contribution >= 4 is 13.4 Å². The monoisotopic (exact) mass is 620 g/mol. The Hall–Kier alpha value is -1.24. The molecule has 0 spiro atoms. The lowest BCUT2D eigenvalue weighted by molar-refractivity contribution is -0.204. The van der Waals surface area contributed by atoms with Gasteiger partial charge in [0.15, 0.2) is 0 Å². The molecular weight excluding hydrogens is 565 g/mol. The number of unbranched alkanes of at least 4 members (excludes halogenated alkanes) is 4. The Morgan fingerprint density at radius 2 is 1.24 bits per heavy atom. The Kier molecular flexibility index (Phi) is 19.8. The van der Waals surface area contributed by atoms with Gasteiger partial charge >= 0.3 is 0 Å². The van der Waals surface area contributed by atoms with Crippen LogP contribution in [0.25, 0.3) is 0 Å². The van der Waals surface area contributed by atoms with E-state index in [-0.39, 0.29) is 17.9 Å². The molecule has 0 fully saturated rings. The molecule has 0 saturated heterocycles. The summed E-state index contributed by atoms with van der Waals surface area (Å²) in [6.07, 6.45) is 7.19. The van der Waals surface area contributed by atoms with E-state index in [1.165, 1.54) is 0 Å². The van der Waals surface area contributed by atoms with Gasteiger partial charge < -0.3 is 37.7 Å². The molecule has 13 heteroatoms. The zero-order valence-corrected chi connectivity index (χ0v) is 27.7. The van der Waals surface area contributed by atoms with Gasteiger partial charge in [0.2, 0.25) is 0 Å². The van der Waals surface area contributed by atoms with E-state index in [9.17, 15) is 14.3 Å². The predicted octanol–water partition coefficient (Wildman–Crippen LogP) is 4.28. The molecule has 1 atom stereocenters. The molecule has 0 aliphatic heterocycles. The summed E-state index contributed by atoms with van der Waals surface area (Å²) in [4.78, 5) is 23.9. The molecule has 0 radical (unpaired) electrons. The van der Waals surface area contributed by atoms with Crippen molar-refractivity contribution in [1.82, 2.24) is 15.0 Å². The van der Waals surface area contributed by atoms with Crippen LogP contribution in [0.5, 0.6) is 0 Å². The van der Waals surface area contributed by atoms with Crippen LogP contribution in [0.4, 0.5) is 0 Å². The highest BCUT2D eigenvalue weighted by Crippen LogP contribution is 2.50. The zero-order chi connectivity index (χ0) is 31.3. The van der Waals surface area contributed by atoms with Crippen LogP contribution in [0.15, 0.2) is 6.20 Å². The Balaban J connectivity index is 1.79.